The van der Waals surface area contributed by atoms with Gasteiger partial charge in [-0.25, -0.2) is 0 Å². The molecule has 3 nitrogen and oxygen atoms in total. The molecule has 0 aromatic heterocycles. The lowest BCUT2D eigenvalue weighted by atomic mass is 9.99. The van der Waals surface area contributed by atoms with Crippen molar-refractivity contribution in [3.8, 4) is 0 Å². The maximum Gasteiger partial charge on any atom is 0.253 e. The monoisotopic (exact) mass is 324 g/mol. The molecule has 1 aromatic carbocycles. The Kier molecular flexibility index (Phi) is 4.02. The second-order valence-electron chi connectivity index (χ2n) is 5.92. The standard InChI is InChI=1S/C15H21BrN2O/c1-11-5-6-12(9-13(11)16)14(19)18-8-7-17(4)15(2,3)10-18/h5-6,9H,7-8,10H2,1-4H3. The van der Waals surface area contributed by atoms with Crippen molar-refractivity contribution in [3.63, 3.8) is 0 Å². The van der Waals surface area contributed by atoms with Crippen molar-refractivity contribution in [1.29, 1.82) is 0 Å². The van der Waals surface area contributed by atoms with Crippen LogP contribution < -0.4 is 0 Å². The molecule has 104 valence electrons. The molecular formula is C15H21BrN2O. The van der Waals surface area contributed by atoms with Gasteiger partial charge in [-0.1, -0.05) is 22.0 Å². The van der Waals surface area contributed by atoms with Gasteiger partial charge in [0.25, 0.3) is 5.91 Å². The molecule has 0 atom stereocenters. The van der Waals surface area contributed by atoms with E-state index in [-0.39, 0.29) is 11.4 Å². The van der Waals surface area contributed by atoms with Gasteiger partial charge in [-0.15, -0.1) is 0 Å². The lowest BCUT2D eigenvalue weighted by Crippen LogP contribution is -2.58. The maximum absolute atomic E-state index is 12.5. The van der Waals surface area contributed by atoms with E-state index in [0.717, 1.165) is 35.2 Å². The summed E-state index contributed by atoms with van der Waals surface area (Å²) >= 11 is 3.49. The van der Waals surface area contributed by atoms with E-state index in [1.54, 1.807) is 0 Å². The second kappa shape index (κ2) is 5.25. The van der Waals surface area contributed by atoms with E-state index in [2.05, 4.69) is 41.7 Å². The number of nitrogens with zero attached hydrogens (tertiary/aromatic N) is 2. The van der Waals surface area contributed by atoms with Gasteiger partial charge in [-0.3, -0.25) is 9.69 Å². The van der Waals surface area contributed by atoms with E-state index >= 15 is 0 Å². The number of likely N-dealkylation sites (N-methyl/N-ethyl adjacent to an activating group) is 1. The fourth-order valence-electron chi connectivity index (χ4n) is 2.32. The molecular weight excluding hydrogens is 304 g/mol. The van der Waals surface area contributed by atoms with E-state index in [4.69, 9.17) is 0 Å². The van der Waals surface area contributed by atoms with Crippen LogP contribution in [0.25, 0.3) is 0 Å². The predicted octanol–water partition coefficient (Wildman–Crippen LogP) is 2.92. The van der Waals surface area contributed by atoms with Gasteiger partial charge in [0.2, 0.25) is 0 Å². The molecule has 0 bridgehead atoms. The fraction of sp³-hybridized carbons (Fsp3) is 0.533. The number of aryl methyl sites for hydroxylation is 1. The Morgan fingerprint density at radius 2 is 2.00 bits per heavy atom. The second-order valence-corrected chi connectivity index (χ2v) is 6.78. The molecule has 0 saturated carbocycles. The van der Waals surface area contributed by atoms with Crippen molar-refractivity contribution < 1.29 is 4.79 Å². The number of halogens is 1. The first-order valence-electron chi connectivity index (χ1n) is 6.58. The summed E-state index contributed by atoms with van der Waals surface area (Å²) in [6.45, 7) is 8.87. The zero-order chi connectivity index (χ0) is 14.2. The van der Waals surface area contributed by atoms with E-state index < -0.39 is 0 Å². The topological polar surface area (TPSA) is 23.6 Å². The Balaban J connectivity index is 2.18. The molecule has 0 radical (unpaired) electrons. The van der Waals surface area contributed by atoms with Crippen molar-refractivity contribution in [2.45, 2.75) is 26.3 Å². The Labute approximate surface area is 123 Å². The minimum Gasteiger partial charge on any atom is -0.336 e. The van der Waals surface area contributed by atoms with Gasteiger partial charge in [0.1, 0.15) is 0 Å². The third-order valence-corrected chi connectivity index (χ3v) is 4.88. The molecule has 0 aliphatic carbocycles. The normalized spacial score (nSPS) is 19.5. The van der Waals surface area contributed by atoms with Crippen molar-refractivity contribution in [3.05, 3.63) is 33.8 Å². The van der Waals surface area contributed by atoms with Crippen LogP contribution in [0.4, 0.5) is 0 Å². The zero-order valence-corrected chi connectivity index (χ0v) is 13.6. The molecule has 1 aromatic rings. The lowest BCUT2D eigenvalue weighted by Gasteiger charge is -2.45. The summed E-state index contributed by atoms with van der Waals surface area (Å²) < 4.78 is 0.992. The van der Waals surface area contributed by atoms with Gasteiger partial charge in [0.05, 0.1) is 0 Å². The number of carbonyl (C=O) groups is 1. The van der Waals surface area contributed by atoms with Crippen molar-refractivity contribution in [2.75, 3.05) is 26.7 Å². The number of benzene rings is 1. The van der Waals surface area contributed by atoms with Crippen molar-refractivity contribution in [2.24, 2.45) is 0 Å². The maximum atomic E-state index is 12.5. The minimum absolute atomic E-state index is 0.0375. The Bertz CT molecular complexity index is 499. The van der Waals surface area contributed by atoms with Gasteiger partial charge in [-0.2, -0.15) is 0 Å². The quantitative estimate of drug-likeness (QED) is 0.793. The first-order valence-corrected chi connectivity index (χ1v) is 7.37. The average molecular weight is 325 g/mol. The highest BCUT2D eigenvalue weighted by molar-refractivity contribution is 9.10. The highest BCUT2D eigenvalue weighted by Crippen LogP contribution is 2.22. The minimum atomic E-state index is 0.0375. The Hall–Kier alpha value is -0.870. The molecule has 4 heteroatoms. The Morgan fingerprint density at radius 3 is 2.58 bits per heavy atom. The van der Waals surface area contributed by atoms with Crippen molar-refractivity contribution >= 4 is 21.8 Å². The number of hydrogen-bond acceptors (Lipinski definition) is 2. The first kappa shape index (κ1) is 14.5. The van der Waals surface area contributed by atoms with E-state index in [1.807, 2.05) is 30.0 Å². The summed E-state index contributed by atoms with van der Waals surface area (Å²) in [5, 5.41) is 0. The average Bonchev–Trinajstić information content (AvgIpc) is 2.35. The summed E-state index contributed by atoms with van der Waals surface area (Å²) in [5.41, 5.74) is 1.95. The van der Waals surface area contributed by atoms with Gasteiger partial charge >= 0.3 is 0 Å². The molecule has 19 heavy (non-hydrogen) atoms. The highest BCUT2D eigenvalue weighted by atomic mass is 79.9. The van der Waals surface area contributed by atoms with Crippen LogP contribution in [0.3, 0.4) is 0 Å². The van der Waals surface area contributed by atoms with Crippen LogP contribution in [0.5, 0.6) is 0 Å². The van der Waals surface area contributed by atoms with E-state index in [0.29, 0.717) is 0 Å². The van der Waals surface area contributed by atoms with Crippen LogP contribution in [-0.2, 0) is 0 Å². The molecule has 1 amide bonds. The smallest absolute Gasteiger partial charge is 0.253 e. The molecule has 0 spiro atoms. The fourth-order valence-corrected chi connectivity index (χ4v) is 2.70. The van der Waals surface area contributed by atoms with Gasteiger partial charge in [-0.05, 0) is 45.5 Å². The molecule has 1 aliphatic heterocycles. The van der Waals surface area contributed by atoms with E-state index in [1.165, 1.54) is 0 Å². The lowest BCUT2D eigenvalue weighted by molar-refractivity contribution is 0.0311. The third kappa shape index (κ3) is 3.00. The summed E-state index contributed by atoms with van der Waals surface area (Å²) in [4.78, 5) is 16.8. The summed E-state index contributed by atoms with van der Waals surface area (Å²) in [6.07, 6.45) is 0. The van der Waals surface area contributed by atoms with Crippen molar-refractivity contribution in [1.82, 2.24) is 9.80 Å². The molecule has 1 heterocycles. The molecule has 1 saturated heterocycles. The van der Waals surface area contributed by atoms with Gasteiger partial charge in [0.15, 0.2) is 0 Å². The molecule has 0 unspecified atom stereocenters. The largest absolute Gasteiger partial charge is 0.336 e. The van der Waals surface area contributed by atoms with Crippen LogP contribution in [0.2, 0.25) is 0 Å². The Morgan fingerprint density at radius 1 is 1.32 bits per heavy atom. The third-order valence-electron chi connectivity index (χ3n) is 4.02. The van der Waals surface area contributed by atoms with E-state index in [9.17, 15) is 4.79 Å². The summed E-state index contributed by atoms with van der Waals surface area (Å²) in [6, 6.07) is 5.81. The molecule has 1 fully saturated rings. The SMILES string of the molecule is Cc1ccc(C(=O)N2CCN(C)C(C)(C)C2)cc1Br. The van der Waals surface area contributed by atoms with Gasteiger partial charge in [0, 0.05) is 35.2 Å². The number of piperazine rings is 1. The number of amides is 1. The van der Waals surface area contributed by atoms with Gasteiger partial charge < -0.3 is 4.90 Å². The van der Waals surface area contributed by atoms with Crippen LogP contribution >= 0.6 is 15.9 Å². The predicted molar refractivity (Wildman–Crippen MR) is 81.5 cm³/mol. The van der Waals surface area contributed by atoms with Crippen LogP contribution in [0, 0.1) is 6.92 Å². The summed E-state index contributed by atoms with van der Waals surface area (Å²) in [5.74, 6) is 0.127. The highest BCUT2D eigenvalue weighted by Gasteiger charge is 2.33. The number of hydrogen-bond donors (Lipinski definition) is 0. The molecule has 1 aliphatic rings. The number of rotatable bonds is 1. The van der Waals surface area contributed by atoms with Crippen LogP contribution in [-0.4, -0.2) is 47.9 Å². The first-order chi connectivity index (χ1) is 8.81. The number of carbonyl (C=O) groups excluding carboxylic acids is 1. The molecule has 0 N–H and O–H groups in total. The molecule has 2 rings (SSSR count). The van der Waals surface area contributed by atoms with Crippen LogP contribution in [0.15, 0.2) is 22.7 Å². The zero-order valence-electron chi connectivity index (χ0n) is 12.0. The van der Waals surface area contributed by atoms with Crippen LogP contribution in [0.1, 0.15) is 29.8 Å². The summed E-state index contributed by atoms with van der Waals surface area (Å²) in [7, 11) is 2.12.